The van der Waals surface area contributed by atoms with E-state index in [-0.39, 0.29) is 37.5 Å². The number of nitrogens with zero attached hydrogens (tertiary/aromatic N) is 2. The minimum Gasteiger partial charge on any atom is -0.507 e. The average molecular weight is 410 g/mol. The minimum absolute atomic E-state index is 0.0573. The van der Waals surface area contributed by atoms with Gasteiger partial charge < -0.3 is 10.0 Å². The van der Waals surface area contributed by atoms with E-state index in [9.17, 15) is 27.1 Å². The third-order valence-corrected chi connectivity index (χ3v) is 6.65. The number of hydrogen-bond acceptors (Lipinski definition) is 4. The van der Waals surface area contributed by atoms with E-state index in [4.69, 9.17) is 0 Å². The number of hydrogen-bond donors (Lipinski definition) is 1. The van der Waals surface area contributed by atoms with Crippen molar-refractivity contribution in [1.29, 1.82) is 0 Å². The summed E-state index contributed by atoms with van der Waals surface area (Å²) in [5.41, 5.74) is 1.05. The average Bonchev–Trinajstić information content (AvgIpc) is 2.69. The Morgan fingerprint density at radius 2 is 1.75 bits per heavy atom. The topological polar surface area (TPSA) is 77.9 Å². The highest BCUT2D eigenvalue weighted by atomic mass is 32.2. The first-order chi connectivity index (χ1) is 13.2. The fraction of sp³-hybridized carbons (Fsp3) is 0.316. The van der Waals surface area contributed by atoms with E-state index < -0.39 is 32.5 Å². The second kappa shape index (κ2) is 7.84. The molecule has 3 rings (SSSR count). The van der Waals surface area contributed by atoms with Gasteiger partial charge in [0, 0.05) is 26.2 Å². The summed E-state index contributed by atoms with van der Waals surface area (Å²) in [5.74, 6) is -2.41. The second-order valence-electron chi connectivity index (χ2n) is 6.48. The number of aromatic hydroxyl groups is 1. The van der Waals surface area contributed by atoms with Gasteiger partial charge in [-0.3, -0.25) is 4.79 Å². The molecule has 1 heterocycles. The lowest BCUT2D eigenvalue weighted by Gasteiger charge is -2.34. The molecule has 9 heteroatoms. The van der Waals surface area contributed by atoms with E-state index in [2.05, 4.69) is 0 Å². The molecule has 150 valence electrons. The Balaban J connectivity index is 1.75. The van der Waals surface area contributed by atoms with Crippen molar-refractivity contribution in [3.05, 3.63) is 59.2 Å². The van der Waals surface area contributed by atoms with Crippen LogP contribution in [0.4, 0.5) is 8.78 Å². The summed E-state index contributed by atoms with van der Waals surface area (Å²) < 4.78 is 53.5. The lowest BCUT2D eigenvalue weighted by Crippen LogP contribution is -2.50. The van der Waals surface area contributed by atoms with Gasteiger partial charge in [-0.15, -0.1) is 0 Å². The molecule has 1 N–H and O–H groups in total. The first-order valence-electron chi connectivity index (χ1n) is 8.80. The zero-order chi connectivity index (χ0) is 20.5. The highest BCUT2D eigenvalue weighted by Gasteiger charge is 2.33. The number of aryl methyl sites for hydroxylation is 1. The van der Waals surface area contributed by atoms with E-state index in [0.29, 0.717) is 12.5 Å². The number of amides is 1. The molecule has 28 heavy (non-hydrogen) atoms. The third kappa shape index (κ3) is 3.85. The van der Waals surface area contributed by atoms with Gasteiger partial charge in [-0.05, 0) is 42.3 Å². The van der Waals surface area contributed by atoms with Gasteiger partial charge in [-0.2, -0.15) is 4.31 Å². The van der Waals surface area contributed by atoms with E-state index in [1.807, 2.05) is 6.92 Å². The van der Waals surface area contributed by atoms with Gasteiger partial charge in [0.05, 0.1) is 5.56 Å². The lowest BCUT2D eigenvalue weighted by molar-refractivity contribution is 0.0694. The van der Waals surface area contributed by atoms with Gasteiger partial charge in [0.1, 0.15) is 22.3 Å². The van der Waals surface area contributed by atoms with Crippen molar-refractivity contribution in [2.24, 2.45) is 0 Å². The van der Waals surface area contributed by atoms with Crippen LogP contribution in [0.2, 0.25) is 0 Å². The van der Waals surface area contributed by atoms with Crippen LogP contribution in [0.3, 0.4) is 0 Å². The maximum absolute atomic E-state index is 13.9. The molecule has 0 bridgehead atoms. The van der Waals surface area contributed by atoms with E-state index in [1.165, 1.54) is 11.0 Å². The van der Waals surface area contributed by atoms with Crippen molar-refractivity contribution in [2.45, 2.75) is 18.2 Å². The number of sulfonamides is 1. The number of piperazine rings is 1. The number of phenolic OH excluding ortho intramolecular Hbond substituents is 1. The van der Waals surface area contributed by atoms with Crippen LogP contribution in [0, 0.1) is 11.6 Å². The van der Waals surface area contributed by atoms with Crippen LogP contribution >= 0.6 is 0 Å². The third-order valence-electron chi connectivity index (χ3n) is 4.74. The summed E-state index contributed by atoms with van der Waals surface area (Å²) in [7, 11) is -4.22. The summed E-state index contributed by atoms with van der Waals surface area (Å²) in [6.07, 6.45) is 0.700. The normalized spacial score (nSPS) is 15.6. The summed E-state index contributed by atoms with van der Waals surface area (Å²) in [5, 5.41) is 9.99. The Labute approximate surface area is 162 Å². The van der Waals surface area contributed by atoms with Crippen molar-refractivity contribution in [1.82, 2.24) is 9.21 Å². The maximum Gasteiger partial charge on any atom is 0.257 e. The van der Waals surface area contributed by atoms with Crippen molar-refractivity contribution in [3.8, 4) is 5.75 Å². The van der Waals surface area contributed by atoms with Crippen molar-refractivity contribution >= 4 is 15.9 Å². The molecule has 0 radical (unpaired) electrons. The highest BCUT2D eigenvalue weighted by molar-refractivity contribution is 7.89. The zero-order valence-corrected chi connectivity index (χ0v) is 16.0. The summed E-state index contributed by atoms with van der Waals surface area (Å²) in [6, 6.07) is 7.07. The fourth-order valence-electron chi connectivity index (χ4n) is 3.09. The molecule has 1 aliphatic heterocycles. The van der Waals surface area contributed by atoms with Crippen LogP contribution in [0.25, 0.3) is 0 Å². The van der Waals surface area contributed by atoms with Crippen LogP contribution in [0.15, 0.2) is 41.3 Å². The quantitative estimate of drug-likeness (QED) is 0.840. The minimum atomic E-state index is -4.22. The maximum atomic E-state index is 13.9. The van der Waals surface area contributed by atoms with E-state index in [0.717, 1.165) is 22.0 Å². The summed E-state index contributed by atoms with van der Waals surface area (Å²) >= 11 is 0. The highest BCUT2D eigenvalue weighted by Crippen LogP contribution is 2.24. The molecule has 2 aromatic rings. The van der Waals surface area contributed by atoms with Gasteiger partial charge in [0.15, 0.2) is 0 Å². The van der Waals surface area contributed by atoms with E-state index >= 15 is 0 Å². The molecule has 0 atom stereocenters. The van der Waals surface area contributed by atoms with Crippen LogP contribution in [-0.2, 0) is 16.4 Å². The predicted molar refractivity (Wildman–Crippen MR) is 98.5 cm³/mol. The van der Waals surface area contributed by atoms with Crippen LogP contribution in [0.5, 0.6) is 5.75 Å². The van der Waals surface area contributed by atoms with Crippen LogP contribution in [0.1, 0.15) is 22.8 Å². The molecule has 0 aromatic heterocycles. The second-order valence-corrected chi connectivity index (χ2v) is 8.38. The molecular formula is C19H20F2N2O4S. The molecule has 0 spiro atoms. The zero-order valence-electron chi connectivity index (χ0n) is 15.2. The van der Waals surface area contributed by atoms with Gasteiger partial charge >= 0.3 is 0 Å². The monoisotopic (exact) mass is 410 g/mol. The number of carbonyl (C=O) groups excluding carboxylic acids is 1. The van der Waals surface area contributed by atoms with Crippen molar-refractivity contribution in [3.63, 3.8) is 0 Å². The standard InChI is InChI=1S/C19H20F2N2O4S/c1-2-13-3-6-17(24)15(11-13)19(25)22-7-9-23(10-8-22)28(26,27)18-12-14(20)4-5-16(18)21/h3-6,11-12,24H,2,7-10H2,1H3. The largest absolute Gasteiger partial charge is 0.507 e. The molecule has 0 saturated carbocycles. The Kier molecular flexibility index (Phi) is 5.66. The predicted octanol–water partition coefficient (Wildman–Crippen LogP) is 2.38. The van der Waals surface area contributed by atoms with E-state index in [1.54, 1.807) is 12.1 Å². The number of phenols is 1. The number of benzene rings is 2. The summed E-state index contributed by atoms with van der Waals surface area (Å²) in [4.78, 5) is 13.4. The van der Waals surface area contributed by atoms with Crippen molar-refractivity contribution in [2.75, 3.05) is 26.2 Å². The Morgan fingerprint density at radius 3 is 2.39 bits per heavy atom. The van der Waals surface area contributed by atoms with Gasteiger partial charge in [0.25, 0.3) is 5.91 Å². The number of halogens is 2. The summed E-state index contributed by atoms with van der Waals surface area (Å²) in [6.45, 7) is 1.96. The first-order valence-corrected chi connectivity index (χ1v) is 10.2. The molecule has 0 unspecified atom stereocenters. The van der Waals surface area contributed by atoms with Crippen LogP contribution in [-0.4, -0.2) is 54.8 Å². The molecule has 1 aliphatic rings. The number of carbonyl (C=O) groups is 1. The Hall–Kier alpha value is -2.52. The first kappa shape index (κ1) is 20.2. The van der Waals surface area contributed by atoms with Gasteiger partial charge in [0.2, 0.25) is 10.0 Å². The molecule has 1 fully saturated rings. The SMILES string of the molecule is CCc1ccc(O)c(C(=O)N2CCN(S(=O)(=O)c3cc(F)ccc3F)CC2)c1. The molecule has 6 nitrogen and oxygen atoms in total. The molecular weight excluding hydrogens is 390 g/mol. The molecule has 1 saturated heterocycles. The molecule has 0 aliphatic carbocycles. The molecule has 1 amide bonds. The van der Waals surface area contributed by atoms with Crippen molar-refractivity contribution < 1.29 is 27.1 Å². The van der Waals surface area contributed by atoms with Gasteiger partial charge in [-0.1, -0.05) is 13.0 Å². The fourth-order valence-corrected chi connectivity index (χ4v) is 4.59. The number of rotatable bonds is 4. The Morgan fingerprint density at radius 1 is 1.07 bits per heavy atom. The van der Waals surface area contributed by atoms with Crippen LogP contribution < -0.4 is 0 Å². The Bertz CT molecular complexity index is 1000. The molecule has 2 aromatic carbocycles. The van der Waals surface area contributed by atoms with Gasteiger partial charge in [-0.25, -0.2) is 17.2 Å². The smallest absolute Gasteiger partial charge is 0.257 e. The lowest BCUT2D eigenvalue weighted by atomic mass is 10.1.